The first kappa shape index (κ1) is 24.1. The first-order chi connectivity index (χ1) is 16.2. The van der Waals surface area contributed by atoms with Crippen molar-refractivity contribution < 1.29 is 19.5 Å². The summed E-state index contributed by atoms with van der Waals surface area (Å²) >= 11 is 0. The third-order valence-electron chi connectivity index (χ3n) is 6.10. The molecule has 0 bridgehead atoms. The maximum Gasteiger partial charge on any atom is 0.162 e. The zero-order valence-electron chi connectivity index (χ0n) is 20.3. The van der Waals surface area contributed by atoms with Gasteiger partial charge in [0.05, 0.1) is 22.6 Å². The molecular formula is C25H33N5O4. The van der Waals surface area contributed by atoms with Gasteiger partial charge in [-0.2, -0.15) is 0 Å². The maximum atomic E-state index is 10.2. The SMILES string of the molecule is CNCC(O)COc1cccc(-c2nc(N[C@H]3C[C@@](C)(O)C3)c(C)c(-c3c(C)noc3C)n2)c1. The maximum absolute atomic E-state index is 10.2. The predicted octanol–water partition coefficient (Wildman–Crippen LogP) is 3.01. The zero-order chi connectivity index (χ0) is 24.5. The van der Waals surface area contributed by atoms with Crippen LogP contribution in [0.15, 0.2) is 28.8 Å². The lowest BCUT2D eigenvalue weighted by Gasteiger charge is -2.41. The van der Waals surface area contributed by atoms with Crippen LogP contribution < -0.4 is 15.4 Å². The van der Waals surface area contributed by atoms with Crippen LogP contribution in [0.2, 0.25) is 0 Å². The molecule has 9 nitrogen and oxygen atoms in total. The van der Waals surface area contributed by atoms with Gasteiger partial charge in [-0.25, -0.2) is 9.97 Å². The molecule has 0 spiro atoms. The highest BCUT2D eigenvalue weighted by Crippen LogP contribution is 2.37. The van der Waals surface area contributed by atoms with E-state index in [1.807, 2.05) is 52.0 Å². The Balaban J connectivity index is 1.70. The van der Waals surface area contributed by atoms with Crippen LogP contribution in [-0.4, -0.2) is 63.3 Å². The fraction of sp³-hybridized carbons (Fsp3) is 0.480. The van der Waals surface area contributed by atoms with E-state index in [1.165, 1.54) is 0 Å². The minimum atomic E-state index is -0.643. The molecule has 1 aromatic carbocycles. The van der Waals surface area contributed by atoms with Crippen molar-refractivity contribution in [3.05, 3.63) is 41.3 Å². The fourth-order valence-corrected chi connectivity index (χ4v) is 4.36. The zero-order valence-corrected chi connectivity index (χ0v) is 20.3. The molecule has 4 N–H and O–H groups in total. The third kappa shape index (κ3) is 5.22. The quantitative estimate of drug-likeness (QED) is 0.376. The molecule has 1 unspecified atom stereocenters. The Labute approximate surface area is 199 Å². The van der Waals surface area contributed by atoms with Gasteiger partial charge in [-0.1, -0.05) is 17.3 Å². The molecule has 0 saturated heterocycles. The van der Waals surface area contributed by atoms with E-state index in [4.69, 9.17) is 19.2 Å². The van der Waals surface area contributed by atoms with E-state index in [-0.39, 0.29) is 12.6 Å². The number of nitrogens with zero attached hydrogens (tertiary/aromatic N) is 3. The Morgan fingerprint density at radius 2 is 2.00 bits per heavy atom. The average molecular weight is 468 g/mol. The Bertz CT molecular complexity index is 1130. The molecule has 182 valence electrons. The first-order valence-electron chi connectivity index (χ1n) is 11.5. The third-order valence-corrected chi connectivity index (χ3v) is 6.10. The van der Waals surface area contributed by atoms with Crippen LogP contribution in [-0.2, 0) is 0 Å². The molecule has 1 aliphatic carbocycles. The highest BCUT2D eigenvalue weighted by atomic mass is 16.5. The number of rotatable bonds is 9. The lowest BCUT2D eigenvalue weighted by Crippen LogP contribution is -2.48. The average Bonchev–Trinajstić information content (AvgIpc) is 3.11. The minimum Gasteiger partial charge on any atom is -0.491 e. The van der Waals surface area contributed by atoms with Gasteiger partial charge in [0.15, 0.2) is 5.82 Å². The molecule has 4 rings (SSSR count). The largest absolute Gasteiger partial charge is 0.491 e. The van der Waals surface area contributed by atoms with Crippen LogP contribution in [0.1, 0.15) is 36.8 Å². The number of hydrogen-bond donors (Lipinski definition) is 4. The summed E-state index contributed by atoms with van der Waals surface area (Å²) < 4.78 is 11.2. The number of hydrogen-bond acceptors (Lipinski definition) is 9. The van der Waals surface area contributed by atoms with Crippen molar-refractivity contribution in [1.82, 2.24) is 20.4 Å². The van der Waals surface area contributed by atoms with E-state index in [0.29, 0.717) is 36.7 Å². The molecule has 3 aromatic rings. The molecule has 1 saturated carbocycles. The van der Waals surface area contributed by atoms with Gasteiger partial charge in [0.2, 0.25) is 0 Å². The van der Waals surface area contributed by atoms with Crippen LogP contribution in [0.5, 0.6) is 5.75 Å². The van der Waals surface area contributed by atoms with Crippen LogP contribution >= 0.6 is 0 Å². The van der Waals surface area contributed by atoms with Gasteiger partial charge < -0.3 is 30.1 Å². The Hall–Kier alpha value is -3.01. The van der Waals surface area contributed by atoms with Crippen molar-refractivity contribution in [2.45, 2.75) is 58.3 Å². The van der Waals surface area contributed by atoms with Crippen molar-refractivity contribution in [2.75, 3.05) is 25.5 Å². The number of ether oxygens (including phenoxy) is 1. The van der Waals surface area contributed by atoms with Crippen molar-refractivity contribution in [3.63, 3.8) is 0 Å². The molecule has 9 heteroatoms. The number of benzene rings is 1. The smallest absolute Gasteiger partial charge is 0.162 e. The molecule has 34 heavy (non-hydrogen) atoms. The summed E-state index contributed by atoms with van der Waals surface area (Å²) in [6.07, 6.45) is 0.709. The molecule has 1 aliphatic rings. The first-order valence-corrected chi connectivity index (χ1v) is 11.5. The minimum absolute atomic E-state index is 0.136. The molecule has 0 amide bonds. The topological polar surface area (TPSA) is 126 Å². The lowest BCUT2D eigenvalue weighted by molar-refractivity contribution is -0.0235. The molecule has 1 fully saturated rings. The number of aliphatic hydroxyl groups excluding tert-OH is 1. The number of likely N-dealkylation sites (N-methyl/N-ethyl adjacent to an activating group) is 1. The Kier molecular flexibility index (Phi) is 6.88. The van der Waals surface area contributed by atoms with Gasteiger partial charge >= 0.3 is 0 Å². The summed E-state index contributed by atoms with van der Waals surface area (Å²) in [5, 5.41) is 30.6. The summed E-state index contributed by atoms with van der Waals surface area (Å²) in [6.45, 7) is 8.22. The van der Waals surface area contributed by atoms with Crippen LogP contribution in [0, 0.1) is 20.8 Å². The van der Waals surface area contributed by atoms with Crippen LogP contribution in [0.4, 0.5) is 5.82 Å². The fourth-order valence-electron chi connectivity index (χ4n) is 4.36. The van der Waals surface area contributed by atoms with Gasteiger partial charge in [-0.3, -0.25) is 0 Å². The highest BCUT2D eigenvalue weighted by Gasteiger charge is 2.39. The summed E-state index contributed by atoms with van der Waals surface area (Å²) in [7, 11) is 1.78. The number of anilines is 1. The lowest BCUT2D eigenvalue weighted by atomic mass is 9.77. The van der Waals surface area contributed by atoms with Gasteiger partial charge in [0.25, 0.3) is 0 Å². The van der Waals surface area contributed by atoms with E-state index in [1.54, 1.807) is 7.05 Å². The Morgan fingerprint density at radius 1 is 1.24 bits per heavy atom. The van der Waals surface area contributed by atoms with E-state index < -0.39 is 11.7 Å². The second-order valence-corrected chi connectivity index (χ2v) is 9.37. The molecule has 0 radical (unpaired) electrons. The van der Waals surface area contributed by atoms with Crippen molar-refractivity contribution >= 4 is 5.82 Å². The molecule has 2 heterocycles. The number of nitrogens with one attached hydrogen (secondary N) is 2. The standard InChI is InChI=1S/C25H33N5O4/c1-14-22(21-15(2)30-34-16(21)3)28-24(29-23(14)27-18-10-25(4,32)11-18)17-7-6-8-20(9-17)33-13-19(31)12-26-5/h6-9,18-19,26,31-32H,10-13H2,1-5H3,(H,27,28,29)/t18-,19?,25+. The Morgan fingerprint density at radius 3 is 2.65 bits per heavy atom. The number of aryl methyl sites for hydroxylation is 2. The summed E-state index contributed by atoms with van der Waals surface area (Å²) in [4.78, 5) is 9.74. The molecule has 0 aliphatic heterocycles. The van der Waals surface area contributed by atoms with E-state index >= 15 is 0 Å². The molecular weight excluding hydrogens is 434 g/mol. The summed E-state index contributed by atoms with van der Waals surface area (Å²) in [6, 6.07) is 7.65. The van der Waals surface area contributed by atoms with E-state index in [9.17, 15) is 10.2 Å². The summed E-state index contributed by atoms with van der Waals surface area (Å²) in [5.41, 5.74) is 3.41. The molecule has 1 atom stereocenters. The van der Waals surface area contributed by atoms with E-state index in [0.717, 1.165) is 33.9 Å². The second kappa shape index (κ2) is 9.69. The van der Waals surface area contributed by atoms with Crippen molar-refractivity contribution in [1.29, 1.82) is 0 Å². The second-order valence-electron chi connectivity index (χ2n) is 9.37. The number of aromatic nitrogens is 3. The van der Waals surface area contributed by atoms with Crippen LogP contribution in [0.25, 0.3) is 22.6 Å². The molecule has 2 aromatic heterocycles. The monoisotopic (exact) mass is 467 g/mol. The van der Waals surface area contributed by atoms with E-state index in [2.05, 4.69) is 15.8 Å². The highest BCUT2D eigenvalue weighted by molar-refractivity contribution is 5.74. The van der Waals surface area contributed by atoms with Gasteiger partial charge in [-0.05, 0) is 59.7 Å². The normalized spacial score (nSPS) is 20.6. The number of aliphatic hydroxyl groups is 2. The van der Waals surface area contributed by atoms with Gasteiger partial charge in [0.1, 0.15) is 30.0 Å². The van der Waals surface area contributed by atoms with Gasteiger partial charge in [0, 0.05) is 23.7 Å². The summed E-state index contributed by atoms with van der Waals surface area (Å²) in [5.74, 6) is 2.57. The predicted molar refractivity (Wildman–Crippen MR) is 130 cm³/mol. The van der Waals surface area contributed by atoms with Crippen LogP contribution in [0.3, 0.4) is 0 Å². The van der Waals surface area contributed by atoms with Crippen molar-refractivity contribution in [3.8, 4) is 28.4 Å². The van der Waals surface area contributed by atoms with Gasteiger partial charge in [-0.15, -0.1) is 0 Å². The van der Waals surface area contributed by atoms with Crippen molar-refractivity contribution in [2.24, 2.45) is 0 Å².